The number of carbonyl (C=O) groups is 2. The molecule has 6 nitrogen and oxygen atoms in total. The van der Waals surface area contributed by atoms with Crippen molar-refractivity contribution in [3.63, 3.8) is 0 Å². The Morgan fingerprint density at radius 2 is 1.73 bits per heavy atom. The van der Waals surface area contributed by atoms with E-state index < -0.39 is 33.9 Å². The summed E-state index contributed by atoms with van der Waals surface area (Å²) in [6, 6.07) is 8.65. The number of carboxylic acid groups (broad SMARTS) is 1. The van der Waals surface area contributed by atoms with Crippen LogP contribution in [0.2, 0.25) is 0 Å². The Kier molecular flexibility index (Phi) is 9.23. The molecule has 0 saturated heterocycles. The number of anilines is 2. The molecule has 1 aliphatic carbocycles. The molecule has 1 saturated carbocycles. The molecule has 2 aromatic rings. The maximum Gasteiger partial charge on any atom is 0.319 e. The zero-order valence-corrected chi connectivity index (χ0v) is 22.6. The van der Waals surface area contributed by atoms with Crippen molar-refractivity contribution in [1.82, 2.24) is 0 Å². The highest BCUT2D eigenvalue weighted by Crippen LogP contribution is 2.39. The van der Waals surface area contributed by atoms with Gasteiger partial charge in [0.2, 0.25) is 5.91 Å². The molecular formula is C28H36F2N2O4S. The number of aliphatic carboxylic acids is 1. The average Bonchev–Trinajstić information content (AvgIpc) is 2.79. The van der Waals surface area contributed by atoms with E-state index in [1.165, 1.54) is 6.07 Å². The van der Waals surface area contributed by atoms with Crippen LogP contribution in [0.5, 0.6) is 0 Å². The van der Waals surface area contributed by atoms with E-state index in [2.05, 4.69) is 10.2 Å². The molecule has 0 aromatic heterocycles. The Balaban J connectivity index is 1.99. The molecule has 37 heavy (non-hydrogen) atoms. The maximum atomic E-state index is 14.2. The summed E-state index contributed by atoms with van der Waals surface area (Å²) >= 11 is 1.15. The van der Waals surface area contributed by atoms with Gasteiger partial charge in [-0.15, -0.1) is 11.8 Å². The first-order chi connectivity index (χ1) is 17.2. The van der Waals surface area contributed by atoms with E-state index >= 15 is 0 Å². The van der Waals surface area contributed by atoms with E-state index in [0.717, 1.165) is 56.0 Å². The molecule has 0 radical (unpaired) electrons. The lowest BCUT2D eigenvalue weighted by atomic mass is 9.92. The Labute approximate surface area is 221 Å². The third kappa shape index (κ3) is 8.17. The summed E-state index contributed by atoms with van der Waals surface area (Å²) in [5.74, 6) is -2.97. The minimum atomic E-state index is -1.10. The number of hydrogen-bond donors (Lipinski definition) is 3. The fourth-order valence-electron chi connectivity index (χ4n) is 4.52. The van der Waals surface area contributed by atoms with Crippen molar-refractivity contribution in [3.8, 4) is 0 Å². The van der Waals surface area contributed by atoms with Crippen LogP contribution < -0.4 is 10.2 Å². The Bertz CT molecular complexity index is 1130. The van der Waals surface area contributed by atoms with Crippen LogP contribution >= 0.6 is 11.8 Å². The quantitative estimate of drug-likeness (QED) is 0.324. The van der Waals surface area contributed by atoms with E-state index in [1.807, 2.05) is 12.1 Å². The molecule has 1 amide bonds. The number of hydrogen-bond acceptors (Lipinski definition) is 5. The number of halogens is 2. The number of nitrogens with one attached hydrogen (secondary N) is 1. The number of benzene rings is 2. The minimum absolute atomic E-state index is 0.0682. The summed E-state index contributed by atoms with van der Waals surface area (Å²) in [5.41, 5.74) is 0.223. The molecule has 0 spiro atoms. The number of amides is 1. The lowest BCUT2D eigenvalue weighted by Gasteiger charge is -2.40. The normalized spacial score (nSPS) is 14.9. The van der Waals surface area contributed by atoms with Crippen LogP contribution in [0.1, 0.15) is 65.4 Å². The van der Waals surface area contributed by atoms with E-state index in [1.54, 1.807) is 33.8 Å². The van der Waals surface area contributed by atoms with E-state index in [0.29, 0.717) is 22.8 Å². The van der Waals surface area contributed by atoms with Crippen molar-refractivity contribution in [3.05, 3.63) is 53.6 Å². The molecule has 1 aliphatic rings. The van der Waals surface area contributed by atoms with Gasteiger partial charge in [0, 0.05) is 23.5 Å². The molecule has 0 atom stereocenters. The highest BCUT2D eigenvalue weighted by Gasteiger charge is 2.31. The SMILES string of the molecule is CC(C)(O)CN(c1ccc(SC(C)(C)C(=O)O)cc1NC(=O)Cc1ccc(F)cc1F)C1CCCCC1. The largest absolute Gasteiger partial charge is 0.480 e. The van der Waals surface area contributed by atoms with Gasteiger partial charge in [-0.25, -0.2) is 8.78 Å². The minimum Gasteiger partial charge on any atom is -0.480 e. The van der Waals surface area contributed by atoms with Gasteiger partial charge in [-0.2, -0.15) is 0 Å². The fraction of sp³-hybridized carbons (Fsp3) is 0.500. The molecule has 0 bridgehead atoms. The van der Waals surface area contributed by atoms with Crippen molar-refractivity contribution in [2.75, 3.05) is 16.8 Å². The predicted octanol–water partition coefficient (Wildman–Crippen LogP) is 6.01. The van der Waals surface area contributed by atoms with Gasteiger partial charge in [-0.3, -0.25) is 9.59 Å². The molecule has 0 aliphatic heterocycles. The van der Waals surface area contributed by atoms with Gasteiger partial charge in [0.25, 0.3) is 0 Å². The lowest BCUT2D eigenvalue weighted by molar-refractivity contribution is -0.138. The van der Waals surface area contributed by atoms with Gasteiger partial charge < -0.3 is 20.4 Å². The second kappa shape index (κ2) is 11.8. The van der Waals surface area contributed by atoms with Crippen molar-refractivity contribution in [2.45, 2.75) is 87.5 Å². The smallest absolute Gasteiger partial charge is 0.319 e. The third-order valence-electron chi connectivity index (χ3n) is 6.38. The van der Waals surface area contributed by atoms with Crippen LogP contribution in [-0.2, 0) is 16.0 Å². The van der Waals surface area contributed by atoms with Gasteiger partial charge in [0.1, 0.15) is 16.4 Å². The Morgan fingerprint density at radius 3 is 2.32 bits per heavy atom. The zero-order chi connectivity index (χ0) is 27.4. The van der Waals surface area contributed by atoms with Gasteiger partial charge in [0.05, 0.1) is 23.4 Å². The number of thioether (sulfide) groups is 1. The molecule has 1 fully saturated rings. The van der Waals surface area contributed by atoms with Gasteiger partial charge in [-0.1, -0.05) is 25.3 Å². The maximum absolute atomic E-state index is 14.2. The van der Waals surface area contributed by atoms with Crippen LogP contribution in [0.4, 0.5) is 20.2 Å². The van der Waals surface area contributed by atoms with Crippen LogP contribution in [0.25, 0.3) is 0 Å². The van der Waals surface area contributed by atoms with E-state index in [-0.39, 0.29) is 18.0 Å². The summed E-state index contributed by atoms with van der Waals surface area (Å²) in [6.07, 6.45) is 4.90. The summed E-state index contributed by atoms with van der Waals surface area (Å²) in [4.78, 5) is 27.5. The highest BCUT2D eigenvalue weighted by atomic mass is 32.2. The second-order valence-corrected chi connectivity index (χ2v) is 12.5. The summed E-state index contributed by atoms with van der Waals surface area (Å²) in [6.45, 7) is 7.01. The Hall–Kier alpha value is -2.65. The first-order valence-electron chi connectivity index (χ1n) is 12.5. The lowest BCUT2D eigenvalue weighted by Crippen LogP contribution is -2.46. The first kappa shape index (κ1) is 28.9. The second-order valence-electron chi connectivity index (χ2n) is 10.8. The van der Waals surface area contributed by atoms with Gasteiger partial charge >= 0.3 is 5.97 Å². The molecule has 9 heteroatoms. The third-order valence-corrected chi connectivity index (χ3v) is 7.55. The fourth-order valence-corrected chi connectivity index (χ4v) is 5.51. The first-order valence-corrected chi connectivity index (χ1v) is 13.4. The molecular weight excluding hydrogens is 498 g/mol. The molecule has 202 valence electrons. The standard InChI is InChI=1S/C28H36F2N2O4S/c1-27(2,36)17-32(20-8-6-5-7-9-20)24-13-12-21(37-28(3,4)26(34)35)16-23(24)31-25(33)14-18-10-11-19(29)15-22(18)30/h10-13,15-16,20,36H,5-9,14,17H2,1-4H3,(H,31,33)(H,34,35). The Morgan fingerprint density at radius 1 is 1.05 bits per heavy atom. The van der Waals surface area contributed by atoms with Crippen LogP contribution in [-0.4, -0.2) is 45.0 Å². The van der Waals surface area contributed by atoms with Crippen LogP contribution in [0.3, 0.4) is 0 Å². The average molecular weight is 535 g/mol. The van der Waals surface area contributed by atoms with E-state index in [9.17, 15) is 28.6 Å². The number of rotatable bonds is 10. The van der Waals surface area contributed by atoms with Gasteiger partial charge in [-0.05, 0) is 70.4 Å². The van der Waals surface area contributed by atoms with Crippen molar-refractivity contribution < 1.29 is 28.6 Å². The monoisotopic (exact) mass is 534 g/mol. The van der Waals surface area contributed by atoms with Crippen molar-refractivity contribution in [1.29, 1.82) is 0 Å². The molecule has 0 unspecified atom stereocenters. The van der Waals surface area contributed by atoms with Gasteiger partial charge in [0.15, 0.2) is 0 Å². The van der Waals surface area contributed by atoms with Crippen molar-refractivity contribution in [2.24, 2.45) is 0 Å². The number of nitrogens with zero attached hydrogens (tertiary/aromatic N) is 1. The van der Waals surface area contributed by atoms with E-state index in [4.69, 9.17) is 0 Å². The predicted molar refractivity (Wildman–Crippen MR) is 143 cm³/mol. The highest BCUT2D eigenvalue weighted by molar-refractivity contribution is 8.01. The molecule has 3 rings (SSSR count). The summed E-state index contributed by atoms with van der Waals surface area (Å²) < 4.78 is 26.4. The molecule has 2 aromatic carbocycles. The van der Waals surface area contributed by atoms with Crippen molar-refractivity contribution >= 4 is 35.0 Å². The summed E-state index contributed by atoms with van der Waals surface area (Å²) in [7, 11) is 0. The topological polar surface area (TPSA) is 89.9 Å². The number of carbonyl (C=O) groups excluding carboxylic acids is 1. The van der Waals surface area contributed by atoms with Crippen LogP contribution in [0, 0.1) is 11.6 Å². The van der Waals surface area contributed by atoms with Crippen LogP contribution in [0.15, 0.2) is 41.3 Å². The molecule has 3 N–H and O–H groups in total. The number of carboxylic acids is 1. The summed E-state index contributed by atoms with van der Waals surface area (Å²) in [5, 5.41) is 23.2. The molecule has 0 heterocycles. The number of aliphatic hydroxyl groups is 1. The zero-order valence-electron chi connectivity index (χ0n) is 21.8.